The van der Waals surface area contributed by atoms with Gasteiger partial charge < -0.3 is 10.1 Å². The van der Waals surface area contributed by atoms with Crippen LogP contribution in [0.5, 0.6) is 5.75 Å². The van der Waals surface area contributed by atoms with E-state index in [2.05, 4.69) is 41.3 Å². The van der Waals surface area contributed by atoms with Crippen LogP contribution in [0.15, 0.2) is 66.3 Å². The molecule has 4 nitrogen and oxygen atoms in total. The molecular weight excluding hydrogens is 413 g/mol. The molecule has 1 N–H and O–H groups in total. The number of nitrogens with one attached hydrogen (secondary N) is 1. The third kappa shape index (κ3) is 5.62. The summed E-state index contributed by atoms with van der Waals surface area (Å²) in [6.45, 7) is 6.22. The maximum absolute atomic E-state index is 13.3. The number of rotatable bonds is 7. The average molecular weight is 436 g/mol. The minimum Gasteiger partial charge on any atom is -0.487 e. The second-order valence-electron chi connectivity index (χ2n) is 7.21. The van der Waals surface area contributed by atoms with Crippen molar-refractivity contribution in [3.05, 3.63) is 76.9 Å². The number of hydrogen-bond acceptors (Lipinski definition) is 4. The topological polar surface area (TPSA) is 47.0 Å². The van der Waals surface area contributed by atoms with Gasteiger partial charge in [0, 0.05) is 11.1 Å². The Hall–Kier alpha value is -3.36. The molecule has 0 unspecified atom stereocenters. The van der Waals surface area contributed by atoms with Gasteiger partial charge in [0.2, 0.25) is 0 Å². The highest BCUT2D eigenvalue weighted by molar-refractivity contribution is 6.32. The normalized spacial score (nSPS) is 12.2. The Balaban J connectivity index is 1.79. The van der Waals surface area contributed by atoms with Crippen molar-refractivity contribution >= 4 is 34.0 Å². The zero-order valence-corrected chi connectivity index (χ0v) is 18.4. The standard InChI is InChI=1S/C25H23ClFN3O/c1-5-17(11-19(27)6-2)14-31-24-10-8-20(13-22(24)26)30-25-21-12-18(16(3)4)7-9-23(21)28-15-29-25/h2,5,7-13,15-16H,14H2,1,3-4H3,(H,28,29,30)/b17-5+,19-11+. The molecule has 0 fully saturated rings. The molecule has 0 saturated heterocycles. The minimum absolute atomic E-state index is 0.145. The summed E-state index contributed by atoms with van der Waals surface area (Å²) >= 11 is 6.40. The van der Waals surface area contributed by atoms with E-state index >= 15 is 0 Å². The molecule has 3 rings (SSSR count). The highest BCUT2D eigenvalue weighted by atomic mass is 35.5. The second-order valence-corrected chi connectivity index (χ2v) is 7.62. The second kappa shape index (κ2) is 10.1. The fourth-order valence-electron chi connectivity index (χ4n) is 2.94. The van der Waals surface area contributed by atoms with Crippen LogP contribution in [0, 0.1) is 12.3 Å². The molecule has 0 saturated carbocycles. The number of nitrogens with zero attached hydrogens (tertiary/aromatic N) is 2. The Kier molecular flexibility index (Phi) is 7.28. The van der Waals surface area contributed by atoms with Gasteiger partial charge in [0.15, 0.2) is 5.83 Å². The Bertz CT molecular complexity index is 1200. The summed E-state index contributed by atoms with van der Waals surface area (Å²) in [7, 11) is 0. The molecule has 0 radical (unpaired) electrons. The van der Waals surface area contributed by atoms with E-state index in [-0.39, 0.29) is 6.61 Å². The van der Waals surface area contributed by atoms with Crippen LogP contribution in [0.3, 0.4) is 0 Å². The molecule has 158 valence electrons. The molecule has 0 bridgehead atoms. The van der Waals surface area contributed by atoms with Gasteiger partial charge in [0.1, 0.15) is 24.5 Å². The molecule has 6 heteroatoms. The Morgan fingerprint density at radius 1 is 1.26 bits per heavy atom. The summed E-state index contributed by atoms with van der Waals surface area (Å²) < 4.78 is 19.0. The highest BCUT2D eigenvalue weighted by Gasteiger charge is 2.09. The van der Waals surface area contributed by atoms with Crippen molar-refractivity contribution < 1.29 is 9.13 Å². The van der Waals surface area contributed by atoms with Gasteiger partial charge in [-0.15, -0.1) is 6.42 Å². The molecule has 0 amide bonds. The maximum atomic E-state index is 13.3. The van der Waals surface area contributed by atoms with E-state index in [0.717, 1.165) is 16.6 Å². The van der Waals surface area contributed by atoms with Gasteiger partial charge in [0.05, 0.1) is 10.5 Å². The lowest BCUT2D eigenvalue weighted by atomic mass is 10.0. The first-order valence-corrected chi connectivity index (χ1v) is 10.2. The van der Waals surface area contributed by atoms with Gasteiger partial charge in [-0.25, -0.2) is 9.97 Å². The van der Waals surface area contributed by atoms with Gasteiger partial charge in [-0.2, -0.15) is 4.39 Å². The van der Waals surface area contributed by atoms with Crippen molar-refractivity contribution in [1.82, 2.24) is 9.97 Å². The molecule has 0 spiro atoms. The van der Waals surface area contributed by atoms with E-state index < -0.39 is 5.83 Å². The molecular formula is C25H23ClFN3O. The van der Waals surface area contributed by atoms with Crippen LogP contribution in [-0.4, -0.2) is 16.6 Å². The molecule has 0 aliphatic carbocycles. The Morgan fingerprint density at radius 2 is 2.06 bits per heavy atom. The summed E-state index contributed by atoms with van der Waals surface area (Å²) in [6.07, 6.45) is 9.56. The summed E-state index contributed by atoms with van der Waals surface area (Å²) in [5.41, 5.74) is 3.44. The van der Waals surface area contributed by atoms with Crippen LogP contribution in [0.1, 0.15) is 32.3 Å². The van der Waals surface area contributed by atoms with Crippen molar-refractivity contribution in [2.24, 2.45) is 0 Å². The highest BCUT2D eigenvalue weighted by Crippen LogP contribution is 2.31. The van der Waals surface area contributed by atoms with E-state index in [4.69, 9.17) is 22.8 Å². The van der Waals surface area contributed by atoms with E-state index in [1.54, 1.807) is 25.1 Å². The molecule has 2 aromatic carbocycles. The fourth-order valence-corrected chi connectivity index (χ4v) is 3.17. The summed E-state index contributed by atoms with van der Waals surface area (Å²) in [5.74, 6) is 2.87. The van der Waals surface area contributed by atoms with Crippen molar-refractivity contribution in [1.29, 1.82) is 0 Å². The van der Waals surface area contributed by atoms with Gasteiger partial charge in [0.25, 0.3) is 0 Å². The molecule has 0 atom stereocenters. The number of terminal acetylenes is 1. The van der Waals surface area contributed by atoms with Gasteiger partial charge in [-0.05, 0) is 66.3 Å². The van der Waals surface area contributed by atoms with Crippen molar-refractivity contribution in [3.8, 4) is 18.1 Å². The lowest BCUT2D eigenvalue weighted by Gasteiger charge is -2.13. The van der Waals surface area contributed by atoms with Crippen LogP contribution in [0.2, 0.25) is 5.02 Å². The van der Waals surface area contributed by atoms with E-state index in [1.165, 1.54) is 18.0 Å². The lowest BCUT2D eigenvalue weighted by Crippen LogP contribution is -2.01. The summed E-state index contributed by atoms with van der Waals surface area (Å²) in [4.78, 5) is 8.74. The first-order valence-electron chi connectivity index (χ1n) is 9.84. The zero-order chi connectivity index (χ0) is 22.4. The third-order valence-corrected chi connectivity index (χ3v) is 5.03. The predicted molar refractivity (Wildman–Crippen MR) is 126 cm³/mol. The number of allylic oxidation sites excluding steroid dienone is 2. The number of fused-ring (bicyclic) bond motifs is 1. The first-order chi connectivity index (χ1) is 14.9. The van der Waals surface area contributed by atoms with E-state index in [1.807, 2.05) is 18.1 Å². The molecule has 0 aliphatic heterocycles. The van der Waals surface area contributed by atoms with Gasteiger partial charge >= 0.3 is 0 Å². The smallest absolute Gasteiger partial charge is 0.173 e. The monoisotopic (exact) mass is 435 g/mol. The van der Waals surface area contributed by atoms with Crippen molar-refractivity contribution in [3.63, 3.8) is 0 Å². The number of halogens is 2. The number of benzene rings is 2. The Morgan fingerprint density at radius 3 is 2.74 bits per heavy atom. The van der Waals surface area contributed by atoms with Crippen LogP contribution >= 0.6 is 11.6 Å². The van der Waals surface area contributed by atoms with E-state index in [0.29, 0.717) is 28.1 Å². The van der Waals surface area contributed by atoms with Crippen molar-refractivity contribution in [2.75, 3.05) is 11.9 Å². The first kappa shape index (κ1) is 22.3. The molecule has 1 aromatic heterocycles. The quantitative estimate of drug-likeness (QED) is 0.322. The summed E-state index contributed by atoms with van der Waals surface area (Å²) in [5, 5.41) is 4.66. The SMILES string of the molecule is C#C/C(F)=C\C(=C/C)COc1ccc(Nc2ncnc3ccc(C(C)C)cc23)cc1Cl. The van der Waals surface area contributed by atoms with E-state index in [9.17, 15) is 4.39 Å². The summed E-state index contributed by atoms with van der Waals surface area (Å²) in [6, 6.07) is 11.5. The van der Waals surface area contributed by atoms with Crippen molar-refractivity contribution in [2.45, 2.75) is 26.7 Å². The van der Waals surface area contributed by atoms with Gasteiger partial charge in [-0.1, -0.05) is 37.6 Å². The maximum Gasteiger partial charge on any atom is 0.173 e. The number of ether oxygens (including phenoxy) is 1. The molecule has 3 aromatic rings. The predicted octanol–water partition coefficient (Wildman–Crippen LogP) is 6.96. The zero-order valence-electron chi connectivity index (χ0n) is 17.6. The minimum atomic E-state index is -0.653. The third-order valence-electron chi connectivity index (χ3n) is 4.74. The van der Waals surface area contributed by atoms with Crippen LogP contribution in [0.4, 0.5) is 15.9 Å². The molecule has 0 aliphatic rings. The Labute approximate surface area is 186 Å². The van der Waals surface area contributed by atoms with Crippen LogP contribution in [0.25, 0.3) is 10.9 Å². The number of anilines is 2. The van der Waals surface area contributed by atoms with Gasteiger partial charge in [-0.3, -0.25) is 0 Å². The molecule has 31 heavy (non-hydrogen) atoms. The van der Waals surface area contributed by atoms with Crippen LogP contribution in [-0.2, 0) is 0 Å². The number of aromatic nitrogens is 2. The molecule has 1 heterocycles. The average Bonchev–Trinajstić information content (AvgIpc) is 2.77. The van der Waals surface area contributed by atoms with Crippen LogP contribution < -0.4 is 10.1 Å². The fraction of sp³-hybridized carbons (Fsp3) is 0.200. The number of hydrogen-bond donors (Lipinski definition) is 1. The lowest BCUT2D eigenvalue weighted by molar-refractivity contribution is 0.355. The largest absolute Gasteiger partial charge is 0.487 e.